The van der Waals surface area contributed by atoms with Crippen molar-refractivity contribution in [2.24, 2.45) is 17.4 Å². The van der Waals surface area contributed by atoms with Crippen LogP contribution in [0.25, 0.3) is 10.9 Å². The predicted octanol–water partition coefficient (Wildman–Crippen LogP) is -1.69. The zero-order valence-corrected chi connectivity index (χ0v) is 44.4. The van der Waals surface area contributed by atoms with Crippen molar-refractivity contribution in [1.29, 1.82) is 0 Å². The van der Waals surface area contributed by atoms with Gasteiger partial charge in [0.15, 0.2) is 0 Å². The normalized spacial score (nSPS) is 14.7. The molecule has 2 aromatic carbocycles. The summed E-state index contributed by atoms with van der Waals surface area (Å²) in [5.41, 5.74) is 13.6. The number of imidazole rings is 1. The first kappa shape index (κ1) is 61.7. The molecule has 9 unspecified atom stereocenters. The Morgan fingerprint density at radius 1 is 0.662 bits per heavy atom. The number of fused-ring (bicyclic) bond motifs is 1. The minimum Gasteiger partial charge on any atom is -0.480 e. The summed E-state index contributed by atoms with van der Waals surface area (Å²) >= 11 is 1.40. The molecule has 0 aliphatic rings. The number of primary amides is 1. The quantitative estimate of drug-likeness (QED) is 0.0259. The molecule has 0 fully saturated rings. The average Bonchev–Trinajstić information content (AvgIpc) is 4.06. The van der Waals surface area contributed by atoms with Crippen molar-refractivity contribution in [3.8, 4) is 0 Å². The van der Waals surface area contributed by atoms with Gasteiger partial charge < -0.3 is 74.2 Å². The van der Waals surface area contributed by atoms with Crippen molar-refractivity contribution in [1.82, 2.24) is 57.5 Å². The number of amides is 9. The molecule has 0 saturated carbocycles. The van der Waals surface area contributed by atoms with Crippen LogP contribution in [0.1, 0.15) is 70.2 Å². The maximum atomic E-state index is 14.1. The Bertz CT molecular complexity index is 2650. The molecule has 0 spiro atoms. The number of aliphatic hydroxyl groups is 1. The lowest BCUT2D eigenvalue weighted by molar-refractivity contribution is -0.142. The van der Waals surface area contributed by atoms with Gasteiger partial charge in [-0.25, -0.2) is 9.78 Å². The van der Waals surface area contributed by atoms with E-state index < -0.39 is 120 Å². The summed E-state index contributed by atoms with van der Waals surface area (Å²) in [5, 5.41) is 41.4. The van der Waals surface area contributed by atoms with E-state index in [0.29, 0.717) is 22.6 Å². The second-order valence-corrected chi connectivity index (χ2v) is 19.9. The van der Waals surface area contributed by atoms with Crippen molar-refractivity contribution in [3.63, 3.8) is 0 Å². The fraction of sp³-hybridized carbons (Fsp3) is 0.471. The Kier molecular flexibility index (Phi) is 24.6. The molecule has 0 saturated heterocycles. The molecule has 2 heterocycles. The summed E-state index contributed by atoms with van der Waals surface area (Å²) in [5.74, 6) is -8.36. The number of carbonyl (C=O) groups excluding carboxylic acids is 9. The Morgan fingerprint density at radius 2 is 1.26 bits per heavy atom. The highest BCUT2D eigenvalue weighted by atomic mass is 32.2. The number of para-hydroxylation sites is 1. The third kappa shape index (κ3) is 20.3. The molecule has 9 atom stereocenters. The molecule has 25 nitrogen and oxygen atoms in total. The van der Waals surface area contributed by atoms with E-state index in [1.807, 2.05) is 32.0 Å². The van der Waals surface area contributed by atoms with E-state index in [0.717, 1.165) is 10.9 Å². The van der Waals surface area contributed by atoms with Gasteiger partial charge >= 0.3 is 5.97 Å². The summed E-state index contributed by atoms with van der Waals surface area (Å²) in [7, 11) is 0. The summed E-state index contributed by atoms with van der Waals surface area (Å²) in [6.07, 6.45) is 4.40. The van der Waals surface area contributed by atoms with Crippen LogP contribution in [-0.4, -0.2) is 157 Å². The number of carbonyl (C=O) groups is 10. The van der Waals surface area contributed by atoms with Gasteiger partial charge in [0.25, 0.3) is 0 Å². The number of carboxylic acid groups (broad SMARTS) is 1. The van der Waals surface area contributed by atoms with Gasteiger partial charge in [-0.3, -0.25) is 43.2 Å². The highest BCUT2D eigenvalue weighted by molar-refractivity contribution is 7.98. The van der Waals surface area contributed by atoms with Gasteiger partial charge in [0.05, 0.1) is 25.0 Å². The molecule has 77 heavy (non-hydrogen) atoms. The number of aromatic amines is 2. The molecular weight excluding hydrogens is 1020 g/mol. The first-order chi connectivity index (χ1) is 36.6. The van der Waals surface area contributed by atoms with Crippen LogP contribution >= 0.6 is 11.8 Å². The fourth-order valence-corrected chi connectivity index (χ4v) is 8.39. The maximum absolute atomic E-state index is 14.1. The number of carboxylic acids is 1. The van der Waals surface area contributed by atoms with E-state index in [9.17, 15) is 58.2 Å². The molecule has 418 valence electrons. The lowest BCUT2D eigenvalue weighted by Gasteiger charge is -2.27. The van der Waals surface area contributed by atoms with E-state index in [1.165, 1.54) is 38.1 Å². The summed E-state index contributed by atoms with van der Waals surface area (Å²) in [4.78, 5) is 143. The number of H-pyrrole nitrogens is 2. The topological polar surface area (TPSA) is 404 Å². The van der Waals surface area contributed by atoms with Gasteiger partial charge in [0.2, 0.25) is 53.2 Å². The number of hydrogen-bond acceptors (Lipinski definition) is 14. The Labute approximate surface area is 449 Å². The van der Waals surface area contributed by atoms with Crippen molar-refractivity contribution >= 4 is 81.8 Å². The third-order valence-corrected chi connectivity index (χ3v) is 12.8. The first-order valence-electron chi connectivity index (χ1n) is 25.0. The van der Waals surface area contributed by atoms with Crippen molar-refractivity contribution in [2.75, 3.05) is 18.6 Å². The van der Waals surface area contributed by atoms with Crippen LogP contribution in [0.5, 0.6) is 0 Å². The number of aliphatic hydroxyl groups excluding tert-OH is 1. The van der Waals surface area contributed by atoms with E-state index in [-0.39, 0.29) is 50.9 Å². The van der Waals surface area contributed by atoms with Gasteiger partial charge in [-0.1, -0.05) is 62.4 Å². The third-order valence-electron chi connectivity index (χ3n) is 12.1. The van der Waals surface area contributed by atoms with Crippen LogP contribution in [-0.2, 0) is 67.2 Å². The number of nitrogens with two attached hydrogens (primary N) is 2. The van der Waals surface area contributed by atoms with Crippen molar-refractivity contribution in [2.45, 2.75) is 127 Å². The van der Waals surface area contributed by atoms with Crippen molar-refractivity contribution < 1.29 is 58.2 Å². The first-order valence-corrected chi connectivity index (χ1v) is 26.3. The Hall–Kier alpha value is -7.84. The van der Waals surface area contributed by atoms with Crippen LogP contribution in [0.15, 0.2) is 73.3 Å². The van der Waals surface area contributed by atoms with Crippen molar-refractivity contribution in [3.05, 3.63) is 90.1 Å². The highest BCUT2D eigenvalue weighted by Gasteiger charge is 2.34. The molecular formula is C51H71N13O12S. The van der Waals surface area contributed by atoms with Crippen LogP contribution in [0, 0.1) is 5.92 Å². The number of rotatable bonds is 32. The number of benzene rings is 2. The number of aromatic nitrogens is 3. The van der Waals surface area contributed by atoms with Gasteiger partial charge in [0.1, 0.15) is 42.3 Å². The lowest BCUT2D eigenvalue weighted by Crippen LogP contribution is -2.60. The number of thioether (sulfide) groups is 1. The fourth-order valence-electron chi connectivity index (χ4n) is 7.92. The largest absolute Gasteiger partial charge is 0.480 e. The molecule has 16 N–H and O–H groups in total. The highest BCUT2D eigenvalue weighted by Crippen LogP contribution is 2.20. The van der Waals surface area contributed by atoms with Gasteiger partial charge in [-0.05, 0) is 68.2 Å². The van der Waals surface area contributed by atoms with E-state index in [1.54, 1.807) is 48.9 Å². The van der Waals surface area contributed by atoms with E-state index in [2.05, 4.69) is 57.5 Å². The summed E-state index contributed by atoms with van der Waals surface area (Å²) in [6.45, 7) is 5.36. The monoisotopic (exact) mass is 1090 g/mol. The lowest BCUT2D eigenvalue weighted by atomic mass is 10.00. The van der Waals surface area contributed by atoms with E-state index >= 15 is 0 Å². The smallest absolute Gasteiger partial charge is 0.326 e. The molecule has 4 aromatic rings. The van der Waals surface area contributed by atoms with Gasteiger partial charge in [-0.15, -0.1) is 0 Å². The van der Waals surface area contributed by atoms with Crippen LogP contribution in [0.3, 0.4) is 0 Å². The zero-order valence-electron chi connectivity index (χ0n) is 43.6. The minimum atomic E-state index is -1.68. The predicted molar refractivity (Wildman–Crippen MR) is 285 cm³/mol. The summed E-state index contributed by atoms with van der Waals surface area (Å²) in [6, 6.07) is 5.23. The minimum absolute atomic E-state index is 0.0383. The Balaban J connectivity index is 1.45. The molecule has 0 bridgehead atoms. The molecule has 4 rings (SSSR count). The molecule has 9 amide bonds. The van der Waals surface area contributed by atoms with Crippen LogP contribution < -0.4 is 54.0 Å². The number of nitrogens with zero attached hydrogens (tertiary/aromatic N) is 1. The molecule has 26 heteroatoms. The van der Waals surface area contributed by atoms with E-state index in [4.69, 9.17) is 11.5 Å². The van der Waals surface area contributed by atoms with Crippen LogP contribution in [0.4, 0.5) is 0 Å². The van der Waals surface area contributed by atoms with Gasteiger partial charge in [-0.2, -0.15) is 11.8 Å². The van der Waals surface area contributed by atoms with Gasteiger partial charge in [0, 0.05) is 54.7 Å². The standard InChI is InChI=1S/C51H71N13O12S/c1-27(2)19-37(61-45(69)34(52)15-16-41(53)66)47(71)63-39(21-31-23-55-35-14-10-9-13-33(31)35)46(70)58-28(3)44(68)64-43(29(4)65)50(74)56-25-42(67)59-40(22-32-24-54-26-57-32)49(73)62-38(20-30-11-7-6-8-12-30)48(72)60-36(51(75)76)17-18-77-5/h6-14,23-24,26-29,34,36-40,43,55,65H,15-22,25,52H2,1-5H3,(H2,53,66)(H,54,57)(H,56,74)(H,58,70)(H,59,67)(H,60,72)(H,61,69)(H,62,73)(H,63,71)(H,64,68)(H,75,76). The Morgan fingerprint density at radius 3 is 1.87 bits per heavy atom. The second-order valence-electron chi connectivity index (χ2n) is 18.9. The molecule has 2 aromatic heterocycles. The summed E-state index contributed by atoms with van der Waals surface area (Å²) < 4.78 is 0. The molecule has 0 aliphatic heterocycles. The molecule has 0 radical (unpaired) electrons. The SMILES string of the molecule is CSCCC(NC(=O)C(Cc1ccccc1)NC(=O)C(Cc1cnc[nH]1)NC(=O)CNC(=O)C(NC(=O)C(C)NC(=O)C(Cc1c[nH]c2ccccc12)NC(=O)C(CC(C)C)NC(=O)C(N)CCC(N)=O)C(C)O)C(=O)O. The zero-order chi connectivity index (χ0) is 56.8. The number of nitrogens with one attached hydrogen (secondary N) is 10. The average molecular weight is 1090 g/mol. The van der Waals surface area contributed by atoms with Crippen LogP contribution in [0.2, 0.25) is 0 Å². The number of hydrogen-bond donors (Lipinski definition) is 14. The molecule has 0 aliphatic carbocycles. The maximum Gasteiger partial charge on any atom is 0.326 e. The second kappa shape index (κ2) is 30.6. The number of aliphatic carboxylic acids is 1.